The minimum absolute atomic E-state index is 0.218. The van der Waals surface area contributed by atoms with E-state index in [2.05, 4.69) is 10.5 Å². The van der Waals surface area contributed by atoms with E-state index in [1.807, 2.05) is 43.3 Å². The van der Waals surface area contributed by atoms with Gasteiger partial charge in [-0.25, -0.2) is 4.79 Å². The van der Waals surface area contributed by atoms with E-state index in [4.69, 9.17) is 9.57 Å². The fourth-order valence-corrected chi connectivity index (χ4v) is 1.75. The highest BCUT2D eigenvalue weighted by Crippen LogP contribution is 2.08. The Hall–Kier alpha value is -2.82. The number of amides is 1. The van der Waals surface area contributed by atoms with Crippen molar-refractivity contribution in [3.05, 3.63) is 66.2 Å². The molecule has 0 aliphatic carbocycles. The number of oxime groups is 1. The lowest BCUT2D eigenvalue weighted by atomic mass is 10.1. The normalized spacial score (nSPS) is 10.9. The summed E-state index contributed by atoms with van der Waals surface area (Å²) in [5.74, 6) is 0.489. The number of carbonyl (C=O) groups excluding carboxylic acids is 1. The molecule has 0 unspecified atom stereocenters. The third-order valence-electron chi connectivity index (χ3n) is 2.76. The third-order valence-corrected chi connectivity index (χ3v) is 2.76. The summed E-state index contributed by atoms with van der Waals surface area (Å²) in [6.07, 6.45) is -0.536. The fourth-order valence-electron chi connectivity index (χ4n) is 1.75. The number of benzene rings is 2. The van der Waals surface area contributed by atoms with Crippen LogP contribution in [-0.2, 0) is 4.84 Å². The number of hydrogen-bond donors (Lipinski definition) is 1. The van der Waals surface area contributed by atoms with E-state index >= 15 is 0 Å². The average Bonchev–Trinajstić information content (AvgIpc) is 2.57. The molecule has 2 rings (SSSR count). The van der Waals surface area contributed by atoms with Crippen LogP contribution < -0.4 is 10.1 Å². The monoisotopic (exact) mass is 298 g/mol. The first-order valence-electron chi connectivity index (χ1n) is 7.04. The van der Waals surface area contributed by atoms with Gasteiger partial charge >= 0.3 is 6.09 Å². The molecule has 114 valence electrons. The van der Waals surface area contributed by atoms with Crippen LogP contribution in [0.3, 0.4) is 0 Å². The zero-order valence-corrected chi connectivity index (χ0v) is 12.4. The minimum atomic E-state index is -0.536. The maximum Gasteiger partial charge on any atom is 0.412 e. The van der Waals surface area contributed by atoms with Crippen LogP contribution in [0, 0.1) is 0 Å². The van der Waals surface area contributed by atoms with E-state index in [-0.39, 0.29) is 6.54 Å². The second-order valence-corrected chi connectivity index (χ2v) is 4.38. The maximum atomic E-state index is 11.8. The average molecular weight is 298 g/mol. The van der Waals surface area contributed by atoms with Gasteiger partial charge in [-0.3, -0.25) is 0 Å². The zero-order chi connectivity index (χ0) is 15.6. The number of nitrogens with one attached hydrogen (secondary N) is 1. The molecule has 5 nitrogen and oxygen atoms in total. The molecule has 0 bridgehead atoms. The van der Waals surface area contributed by atoms with E-state index in [9.17, 15) is 4.79 Å². The summed E-state index contributed by atoms with van der Waals surface area (Å²) in [7, 11) is 0. The highest BCUT2D eigenvalue weighted by Gasteiger charge is 2.08. The van der Waals surface area contributed by atoms with Crippen LogP contribution in [0.25, 0.3) is 0 Å². The molecule has 0 aromatic heterocycles. The zero-order valence-electron chi connectivity index (χ0n) is 12.4. The number of nitrogens with zero attached hydrogens (tertiary/aromatic N) is 1. The summed E-state index contributed by atoms with van der Waals surface area (Å²) in [6.45, 7) is 2.53. The maximum absolute atomic E-state index is 11.8. The molecule has 0 fully saturated rings. The van der Waals surface area contributed by atoms with Crippen molar-refractivity contribution >= 4 is 11.8 Å². The first-order chi connectivity index (χ1) is 10.8. The Labute approximate surface area is 129 Å². The lowest BCUT2D eigenvalue weighted by molar-refractivity contribution is 0.158. The number of hydrogen-bond acceptors (Lipinski definition) is 4. The smallest absolute Gasteiger partial charge is 0.410 e. The molecule has 22 heavy (non-hydrogen) atoms. The van der Waals surface area contributed by atoms with Crippen LogP contribution in [0.5, 0.6) is 5.75 Å². The van der Waals surface area contributed by atoms with Gasteiger partial charge in [0.15, 0.2) is 0 Å². The van der Waals surface area contributed by atoms with Crippen molar-refractivity contribution in [1.29, 1.82) is 0 Å². The molecule has 0 heterocycles. The van der Waals surface area contributed by atoms with E-state index in [1.54, 1.807) is 24.3 Å². The summed E-state index contributed by atoms with van der Waals surface area (Å²) in [5, 5.41) is 6.70. The molecule has 0 spiro atoms. The summed E-state index contributed by atoms with van der Waals surface area (Å²) < 4.78 is 5.16. The van der Waals surface area contributed by atoms with Gasteiger partial charge in [0.2, 0.25) is 0 Å². The Morgan fingerprint density at radius 2 is 1.68 bits per heavy atom. The number of carbonyl (C=O) groups is 1. The van der Waals surface area contributed by atoms with E-state index in [0.717, 1.165) is 5.56 Å². The van der Waals surface area contributed by atoms with Crippen LogP contribution in [0.2, 0.25) is 0 Å². The van der Waals surface area contributed by atoms with Crippen LogP contribution in [0.4, 0.5) is 4.79 Å². The lowest BCUT2D eigenvalue weighted by Gasteiger charge is -2.09. The van der Waals surface area contributed by atoms with Gasteiger partial charge in [0.25, 0.3) is 0 Å². The molecule has 0 aliphatic rings. The van der Waals surface area contributed by atoms with Gasteiger partial charge in [-0.2, -0.15) is 0 Å². The molecule has 0 atom stereocenters. The van der Waals surface area contributed by atoms with Crippen molar-refractivity contribution in [3.8, 4) is 5.75 Å². The molecule has 2 aromatic carbocycles. The predicted octanol–water partition coefficient (Wildman–Crippen LogP) is 3.22. The fraction of sp³-hybridized carbons (Fsp3) is 0.176. The van der Waals surface area contributed by atoms with Crippen LogP contribution in [0.15, 0.2) is 65.8 Å². The van der Waals surface area contributed by atoms with Gasteiger partial charge in [0.05, 0.1) is 6.54 Å². The van der Waals surface area contributed by atoms with Gasteiger partial charge < -0.3 is 14.9 Å². The molecule has 0 radical (unpaired) electrons. The molecule has 1 N–H and O–H groups in total. The van der Waals surface area contributed by atoms with Gasteiger partial charge in [-0.1, -0.05) is 53.7 Å². The Balaban J connectivity index is 1.95. The lowest BCUT2D eigenvalue weighted by Crippen LogP contribution is -2.32. The van der Waals surface area contributed by atoms with E-state index < -0.39 is 6.09 Å². The second-order valence-electron chi connectivity index (χ2n) is 4.38. The Morgan fingerprint density at radius 3 is 2.32 bits per heavy atom. The van der Waals surface area contributed by atoms with Crippen LogP contribution >= 0.6 is 0 Å². The summed E-state index contributed by atoms with van der Waals surface area (Å²) in [6, 6.07) is 18.4. The molecule has 0 saturated heterocycles. The van der Waals surface area contributed by atoms with Gasteiger partial charge in [-0.05, 0) is 19.1 Å². The summed E-state index contributed by atoms with van der Waals surface area (Å²) in [4.78, 5) is 16.9. The number of rotatable bonds is 6. The van der Waals surface area contributed by atoms with E-state index in [0.29, 0.717) is 18.1 Å². The van der Waals surface area contributed by atoms with Gasteiger partial charge in [0.1, 0.15) is 18.1 Å². The highest BCUT2D eigenvalue weighted by atomic mass is 16.6. The van der Waals surface area contributed by atoms with Crippen molar-refractivity contribution in [2.45, 2.75) is 6.92 Å². The molecular formula is C17H18N2O3. The molecule has 2 aromatic rings. The third kappa shape index (κ3) is 4.94. The summed E-state index contributed by atoms with van der Waals surface area (Å²) >= 11 is 0. The molecule has 0 saturated carbocycles. The van der Waals surface area contributed by atoms with Gasteiger partial charge in [-0.15, -0.1) is 0 Å². The Kier molecular flexibility index (Phi) is 5.99. The molecule has 1 amide bonds. The quantitative estimate of drug-likeness (QED) is 0.658. The molecule has 5 heteroatoms. The van der Waals surface area contributed by atoms with Crippen LogP contribution in [-0.4, -0.2) is 25.0 Å². The van der Waals surface area contributed by atoms with Crippen LogP contribution in [0.1, 0.15) is 12.5 Å². The Morgan fingerprint density at radius 1 is 1.05 bits per heavy atom. The molecule has 0 aliphatic heterocycles. The first-order valence-corrected chi connectivity index (χ1v) is 7.04. The minimum Gasteiger partial charge on any atom is -0.410 e. The number of para-hydroxylation sites is 1. The standard InChI is InChI=1S/C17H18N2O3/c1-2-21-19-16(14-9-5-3-6-10-14)13-18-17(20)22-15-11-7-4-8-12-15/h3-12H,2,13H2,1H3,(H,18,20)/b19-16+. The van der Waals surface area contributed by atoms with Crippen molar-refractivity contribution < 1.29 is 14.4 Å². The first kappa shape index (κ1) is 15.6. The van der Waals surface area contributed by atoms with Crippen molar-refractivity contribution in [2.75, 3.05) is 13.2 Å². The van der Waals surface area contributed by atoms with Crippen molar-refractivity contribution in [1.82, 2.24) is 5.32 Å². The number of ether oxygens (including phenoxy) is 1. The van der Waals surface area contributed by atoms with Crippen molar-refractivity contribution in [2.24, 2.45) is 5.16 Å². The van der Waals surface area contributed by atoms with Gasteiger partial charge in [0, 0.05) is 5.56 Å². The topological polar surface area (TPSA) is 59.9 Å². The highest BCUT2D eigenvalue weighted by molar-refractivity contribution is 6.02. The largest absolute Gasteiger partial charge is 0.412 e. The SMILES string of the molecule is CCO/N=C(\CNC(=O)Oc1ccccc1)c1ccccc1. The summed E-state index contributed by atoms with van der Waals surface area (Å²) in [5.41, 5.74) is 1.52. The predicted molar refractivity (Wildman–Crippen MR) is 85.1 cm³/mol. The molecular weight excluding hydrogens is 280 g/mol. The van der Waals surface area contributed by atoms with Crippen molar-refractivity contribution in [3.63, 3.8) is 0 Å². The van der Waals surface area contributed by atoms with E-state index in [1.165, 1.54) is 0 Å². The Bertz CT molecular complexity index is 612. The second kappa shape index (κ2) is 8.46.